The van der Waals surface area contributed by atoms with Gasteiger partial charge in [0.25, 0.3) is 0 Å². The number of aromatic carboxylic acids is 1. The number of ether oxygens (including phenoxy) is 1. The van der Waals surface area contributed by atoms with Crippen LogP contribution in [0.15, 0.2) is 53.4 Å². The van der Waals surface area contributed by atoms with Crippen LogP contribution < -0.4 is 0 Å². The Bertz CT molecular complexity index is 658. The van der Waals surface area contributed by atoms with Crippen LogP contribution in [0.2, 0.25) is 0 Å². The molecule has 0 aliphatic heterocycles. The van der Waals surface area contributed by atoms with E-state index in [1.807, 2.05) is 30.3 Å². The maximum atomic E-state index is 13.2. The van der Waals surface area contributed by atoms with Crippen molar-refractivity contribution >= 4 is 16.8 Å². The molecule has 1 atom stereocenters. The standard InChI is InChI=1S/C15H13FO4S/c16-14-7-6-12(8-13(14)15(17)18)21(19)10-20-9-11-4-2-1-3-5-11/h1-8H,9-10H2,(H,17,18). The van der Waals surface area contributed by atoms with E-state index >= 15 is 0 Å². The van der Waals surface area contributed by atoms with Gasteiger partial charge in [-0.3, -0.25) is 4.21 Å². The molecule has 6 heteroatoms. The van der Waals surface area contributed by atoms with Gasteiger partial charge in [-0.1, -0.05) is 30.3 Å². The van der Waals surface area contributed by atoms with Gasteiger partial charge in [0, 0.05) is 4.90 Å². The highest BCUT2D eigenvalue weighted by atomic mass is 32.2. The monoisotopic (exact) mass is 308 g/mol. The van der Waals surface area contributed by atoms with Crippen LogP contribution in [-0.4, -0.2) is 21.2 Å². The molecule has 0 radical (unpaired) electrons. The first-order valence-corrected chi connectivity index (χ1v) is 7.42. The highest BCUT2D eigenvalue weighted by molar-refractivity contribution is 7.84. The average molecular weight is 308 g/mol. The van der Waals surface area contributed by atoms with Gasteiger partial charge in [-0.25, -0.2) is 9.18 Å². The van der Waals surface area contributed by atoms with Gasteiger partial charge in [0.15, 0.2) is 0 Å². The highest BCUT2D eigenvalue weighted by Crippen LogP contribution is 2.14. The first kappa shape index (κ1) is 15.3. The Morgan fingerprint density at radius 1 is 1.19 bits per heavy atom. The molecule has 1 N–H and O–H groups in total. The van der Waals surface area contributed by atoms with E-state index in [2.05, 4.69) is 0 Å². The second-order valence-electron chi connectivity index (χ2n) is 4.24. The molecule has 1 unspecified atom stereocenters. The summed E-state index contributed by atoms with van der Waals surface area (Å²) in [6.07, 6.45) is 0. The lowest BCUT2D eigenvalue weighted by Crippen LogP contribution is -2.06. The lowest BCUT2D eigenvalue weighted by molar-refractivity contribution is 0.0691. The van der Waals surface area contributed by atoms with Gasteiger partial charge in [0.2, 0.25) is 0 Å². The van der Waals surface area contributed by atoms with E-state index < -0.39 is 28.1 Å². The lowest BCUT2D eigenvalue weighted by Gasteiger charge is -2.06. The summed E-state index contributed by atoms with van der Waals surface area (Å²) in [6.45, 7) is 0.305. The molecule has 0 aliphatic carbocycles. The van der Waals surface area contributed by atoms with Gasteiger partial charge in [-0.15, -0.1) is 0 Å². The maximum Gasteiger partial charge on any atom is 0.338 e. The van der Waals surface area contributed by atoms with Crippen molar-refractivity contribution in [3.63, 3.8) is 0 Å². The number of halogens is 1. The summed E-state index contributed by atoms with van der Waals surface area (Å²) in [6, 6.07) is 12.7. The molecular formula is C15H13FO4S. The topological polar surface area (TPSA) is 63.6 Å². The van der Waals surface area contributed by atoms with Gasteiger partial charge in [0.1, 0.15) is 11.8 Å². The van der Waals surface area contributed by atoms with Crippen LogP contribution >= 0.6 is 0 Å². The Morgan fingerprint density at radius 2 is 1.90 bits per heavy atom. The van der Waals surface area contributed by atoms with Crippen molar-refractivity contribution in [2.45, 2.75) is 11.5 Å². The number of carboxylic acids is 1. The first-order valence-electron chi connectivity index (χ1n) is 6.11. The second kappa shape index (κ2) is 7.10. The largest absolute Gasteiger partial charge is 0.478 e. The molecule has 0 spiro atoms. The van der Waals surface area contributed by atoms with E-state index in [9.17, 15) is 13.4 Å². The van der Waals surface area contributed by atoms with Crippen molar-refractivity contribution < 1.29 is 23.2 Å². The molecule has 0 fully saturated rings. The van der Waals surface area contributed by atoms with E-state index in [-0.39, 0.29) is 10.8 Å². The Balaban J connectivity index is 1.97. The molecule has 2 rings (SSSR count). The third-order valence-corrected chi connectivity index (χ3v) is 3.89. The quantitative estimate of drug-likeness (QED) is 0.891. The smallest absolute Gasteiger partial charge is 0.338 e. The fourth-order valence-electron chi connectivity index (χ4n) is 1.69. The number of rotatable bonds is 6. The molecular weight excluding hydrogens is 295 g/mol. The molecule has 110 valence electrons. The van der Waals surface area contributed by atoms with Crippen molar-refractivity contribution in [1.29, 1.82) is 0 Å². The van der Waals surface area contributed by atoms with Crippen LogP contribution in [0.3, 0.4) is 0 Å². The Morgan fingerprint density at radius 3 is 2.57 bits per heavy atom. The predicted octanol–water partition coefficient (Wildman–Crippen LogP) is 2.81. The maximum absolute atomic E-state index is 13.2. The van der Waals surface area contributed by atoms with Crippen LogP contribution in [0.1, 0.15) is 15.9 Å². The van der Waals surface area contributed by atoms with Crippen molar-refractivity contribution in [3.05, 3.63) is 65.5 Å². The number of carbonyl (C=O) groups is 1. The van der Waals surface area contributed by atoms with E-state index in [4.69, 9.17) is 9.84 Å². The summed E-state index contributed by atoms with van der Waals surface area (Å²) < 4.78 is 30.6. The van der Waals surface area contributed by atoms with E-state index in [1.54, 1.807) is 0 Å². The summed E-state index contributed by atoms with van der Waals surface area (Å²) in [5.74, 6) is -2.33. The summed E-state index contributed by atoms with van der Waals surface area (Å²) in [5.41, 5.74) is 0.448. The van der Waals surface area contributed by atoms with Crippen LogP contribution in [0, 0.1) is 5.82 Å². The number of hydrogen-bond acceptors (Lipinski definition) is 3. The zero-order chi connectivity index (χ0) is 15.2. The molecule has 4 nitrogen and oxygen atoms in total. The Labute approximate surface area is 123 Å². The third kappa shape index (κ3) is 4.21. The van der Waals surface area contributed by atoms with Crippen molar-refractivity contribution in [2.24, 2.45) is 0 Å². The van der Waals surface area contributed by atoms with E-state index in [0.29, 0.717) is 6.61 Å². The fraction of sp³-hybridized carbons (Fsp3) is 0.133. The third-order valence-electron chi connectivity index (χ3n) is 2.73. The average Bonchev–Trinajstić information content (AvgIpc) is 2.48. The first-order chi connectivity index (χ1) is 10.1. The zero-order valence-corrected chi connectivity index (χ0v) is 11.8. The van der Waals surface area contributed by atoms with Crippen LogP contribution in [-0.2, 0) is 22.1 Å². The van der Waals surface area contributed by atoms with Crippen LogP contribution in [0.25, 0.3) is 0 Å². The summed E-state index contributed by atoms with van der Waals surface area (Å²) in [7, 11) is -1.54. The minimum Gasteiger partial charge on any atom is -0.478 e. The van der Waals surface area contributed by atoms with Crippen LogP contribution in [0.4, 0.5) is 4.39 Å². The Kier molecular flexibility index (Phi) is 5.19. The summed E-state index contributed by atoms with van der Waals surface area (Å²) in [5, 5.41) is 8.83. The van der Waals surface area contributed by atoms with Gasteiger partial charge >= 0.3 is 5.97 Å². The molecule has 21 heavy (non-hydrogen) atoms. The van der Waals surface area contributed by atoms with E-state index in [1.165, 1.54) is 6.07 Å². The van der Waals surface area contributed by atoms with Gasteiger partial charge < -0.3 is 9.84 Å². The molecule has 0 bridgehead atoms. The molecule has 0 amide bonds. The molecule has 0 aliphatic rings. The normalized spacial score (nSPS) is 12.0. The van der Waals surface area contributed by atoms with E-state index in [0.717, 1.165) is 17.7 Å². The van der Waals surface area contributed by atoms with Gasteiger partial charge in [-0.05, 0) is 23.8 Å². The minimum absolute atomic E-state index is 0.0837. The summed E-state index contributed by atoms with van der Waals surface area (Å²) >= 11 is 0. The van der Waals surface area contributed by atoms with Crippen molar-refractivity contribution in [2.75, 3.05) is 5.94 Å². The van der Waals surface area contributed by atoms with Gasteiger partial charge in [-0.2, -0.15) is 0 Å². The number of carboxylic acid groups (broad SMARTS) is 1. The highest BCUT2D eigenvalue weighted by Gasteiger charge is 2.13. The summed E-state index contributed by atoms with van der Waals surface area (Å²) in [4.78, 5) is 11.0. The van der Waals surface area contributed by atoms with Gasteiger partial charge in [0.05, 0.1) is 23.0 Å². The van der Waals surface area contributed by atoms with Crippen molar-refractivity contribution in [3.8, 4) is 0 Å². The molecule has 0 aromatic heterocycles. The second-order valence-corrected chi connectivity index (χ2v) is 5.64. The minimum atomic E-state index is -1.54. The lowest BCUT2D eigenvalue weighted by atomic mass is 10.2. The van der Waals surface area contributed by atoms with Crippen molar-refractivity contribution in [1.82, 2.24) is 0 Å². The number of hydrogen-bond donors (Lipinski definition) is 1. The predicted molar refractivity (Wildman–Crippen MR) is 75.9 cm³/mol. The molecule has 0 saturated carbocycles. The Hall–Kier alpha value is -2.05. The zero-order valence-electron chi connectivity index (χ0n) is 11.0. The van der Waals surface area contributed by atoms with Crippen LogP contribution in [0.5, 0.6) is 0 Å². The molecule has 0 heterocycles. The molecule has 2 aromatic carbocycles. The number of benzene rings is 2. The molecule has 2 aromatic rings. The molecule has 0 saturated heterocycles. The SMILES string of the molecule is O=C(O)c1cc(S(=O)COCc2ccccc2)ccc1F. The fourth-order valence-corrected chi connectivity index (χ4v) is 2.53.